The van der Waals surface area contributed by atoms with E-state index in [0.29, 0.717) is 12.0 Å². The fraction of sp³-hybridized carbons (Fsp3) is 0.312. The van der Waals surface area contributed by atoms with Gasteiger partial charge < -0.3 is 9.67 Å². The second-order valence-corrected chi connectivity index (χ2v) is 4.64. The molecule has 1 N–H and O–H groups in total. The molecule has 0 atom stereocenters. The fourth-order valence-electron chi connectivity index (χ4n) is 2.58. The topological polar surface area (TPSA) is 42.2 Å². The van der Waals surface area contributed by atoms with E-state index in [1.165, 1.54) is 11.1 Å². The van der Waals surface area contributed by atoms with E-state index in [1.54, 1.807) is 6.07 Å². The van der Waals surface area contributed by atoms with Gasteiger partial charge in [-0.3, -0.25) is 0 Å². The number of para-hydroxylation sites is 1. The lowest BCUT2D eigenvalue weighted by atomic mass is 10.1. The molecule has 0 unspecified atom stereocenters. The van der Waals surface area contributed by atoms with Crippen molar-refractivity contribution < 1.29 is 9.90 Å². The van der Waals surface area contributed by atoms with Crippen LogP contribution >= 0.6 is 0 Å². The lowest BCUT2D eigenvalue weighted by molar-refractivity contribution is 0.0696. The summed E-state index contributed by atoms with van der Waals surface area (Å²) in [6.07, 6.45) is 3.50. The molecule has 100 valence electrons. The summed E-state index contributed by atoms with van der Waals surface area (Å²) in [5.74, 6) is -0.859. The van der Waals surface area contributed by atoms with Crippen LogP contribution in [-0.4, -0.2) is 15.6 Å². The molecule has 3 nitrogen and oxygen atoms in total. The molecule has 0 fully saturated rings. The average Bonchev–Trinajstić information content (AvgIpc) is 2.81. The largest absolute Gasteiger partial charge is 0.478 e. The third-order valence-electron chi connectivity index (χ3n) is 3.50. The van der Waals surface area contributed by atoms with Gasteiger partial charge in [0.2, 0.25) is 0 Å². The van der Waals surface area contributed by atoms with Gasteiger partial charge in [0.05, 0.1) is 11.3 Å². The Morgan fingerprint density at radius 1 is 1.21 bits per heavy atom. The van der Waals surface area contributed by atoms with Gasteiger partial charge in [0.1, 0.15) is 0 Å². The minimum Gasteiger partial charge on any atom is -0.478 e. The highest BCUT2D eigenvalue weighted by molar-refractivity contribution is 5.89. The molecule has 0 aliphatic carbocycles. The van der Waals surface area contributed by atoms with Crippen molar-refractivity contribution in [2.24, 2.45) is 0 Å². The number of rotatable bonds is 4. The number of benzene rings is 1. The predicted octanol–water partition coefficient (Wildman–Crippen LogP) is 3.61. The van der Waals surface area contributed by atoms with E-state index in [9.17, 15) is 9.90 Å². The smallest absolute Gasteiger partial charge is 0.337 e. The maximum absolute atomic E-state index is 11.3. The number of aromatic carboxylic acids is 1. The molecule has 2 aromatic rings. The maximum Gasteiger partial charge on any atom is 0.337 e. The lowest BCUT2D eigenvalue weighted by Crippen LogP contribution is -2.07. The first kappa shape index (κ1) is 13.4. The van der Waals surface area contributed by atoms with Crippen molar-refractivity contribution in [1.29, 1.82) is 0 Å². The Morgan fingerprint density at radius 3 is 2.53 bits per heavy atom. The van der Waals surface area contributed by atoms with Crippen LogP contribution in [0.25, 0.3) is 5.69 Å². The van der Waals surface area contributed by atoms with Crippen molar-refractivity contribution in [3.05, 3.63) is 52.8 Å². The molecule has 0 aliphatic rings. The molecule has 0 saturated heterocycles. The molecule has 0 amide bonds. The van der Waals surface area contributed by atoms with E-state index in [1.807, 2.05) is 23.8 Å². The Kier molecular flexibility index (Phi) is 3.74. The van der Waals surface area contributed by atoms with Crippen molar-refractivity contribution in [3.63, 3.8) is 0 Å². The van der Waals surface area contributed by atoms with E-state index in [-0.39, 0.29) is 0 Å². The molecule has 1 aromatic carbocycles. The van der Waals surface area contributed by atoms with Gasteiger partial charge in [0.25, 0.3) is 0 Å². The van der Waals surface area contributed by atoms with Crippen molar-refractivity contribution in [2.75, 3.05) is 0 Å². The number of aromatic nitrogens is 1. The van der Waals surface area contributed by atoms with Crippen LogP contribution in [-0.2, 0) is 12.8 Å². The first-order chi connectivity index (χ1) is 9.10. The van der Waals surface area contributed by atoms with Gasteiger partial charge in [0, 0.05) is 11.9 Å². The summed E-state index contributed by atoms with van der Waals surface area (Å²) >= 11 is 0. The van der Waals surface area contributed by atoms with Gasteiger partial charge in [-0.2, -0.15) is 0 Å². The van der Waals surface area contributed by atoms with Gasteiger partial charge in [-0.1, -0.05) is 32.0 Å². The van der Waals surface area contributed by atoms with E-state index in [4.69, 9.17) is 0 Å². The monoisotopic (exact) mass is 257 g/mol. The van der Waals surface area contributed by atoms with Crippen molar-refractivity contribution in [1.82, 2.24) is 4.57 Å². The number of nitrogens with zero attached hydrogens (tertiary/aromatic N) is 1. The van der Waals surface area contributed by atoms with Gasteiger partial charge >= 0.3 is 5.97 Å². The van der Waals surface area contributed by atoms with Crippen LogP contribution in [0, 0.1) is 6.92 Å². The van der Waals surface area contributed by atoms with E-state index in [2.05, 4.69) is 26.0 Å². The zero-order valence-corrected chi connectivity index (χ0v) is 11.6. The molecule has 2 rings (SSSR count). The molecule has 1 aromatic heterocycles. The standard InChI is InChI=1S/C16H19NO2/c1-4-12-8-6-7-11(3)15(12)17-10-9-13(16(18)19)14(17)5-2/h6-10H,4-5H2,1-3H3,(H,18,19). The molecule has 19 heavy (non-hydrogen) atoms. The fourth-order valence-corrected chi connectivity index (χ4v) is 2.58. The Labute approximate surface area is 113 Å². The quantitative estimate of drug-likeness (QED) is 0.909. The van der Waals surface area contributed by atoms with Crippen LogP contribution in [0.4, 0.5) is 0 Å². The molecule has 0 bridgehead atoms. The number of hydrogen-bond donors (Lipinski definition) is 1. The molecule has 3 heteroatoms. The van der Waals surface area contributed by atoms with Crippen LogP contribution in [0.2, 0.25) is 0 Å². The van der Waals surface area contributed by atoms with E-state index in [0.717, 1.165) is 17.8 Å². The molecule has 0 spiro atoms. The van der Waals surface area contributed by atoms with Gasteiger partial charge in [-0.15, -0.1) is 0 Å². The summed E-state index contributed by atoms with van der Waals surface area (Å²) in [6.45, 7) is 6.17. The molecule has 0 saturated carbocycles. The molecular weight excluding hydrogens is 238 g/mol. The van der Waals surface area contributed by atoms with Crippen LogP contribution in [0.5, 0.6) is 0 Å². The SMILES string of the molecule is CCc1cccc(C)c1-n1ccc(C(=O)O)c1CC. The molecule has 0 aliphatic heterocycles. The number of carbonyl (C=O) groups is 1. The van der Waals surface area contributed by atoms with Gasteiger partial charge in [-0.25, -0.2) is 4.79 Å². The van der Waals surface area contributed by atoms with E-state index < -0.39 is 5.97 Å². The van der Waals surface area contributed by atoms with Gasteiger partial charge in [-0.05, 0) is 37.0 Å². The highest BCUT2D eigenvalue weighted by Crippen LogP contribution is 2.24. The number of aryl methyl sites for hydroxylation is 2. The normalized spacial score (nSPS) is 10.7. The molecular formula is C16H19NO2. The second-order valence-electron chi connectivity index (χ2n) is 4.64. The van der Waals surface area contributed by atoms with Gasteiger partial charge in [0.15, 0.2) is 0 Å². The summed E-state index contributed by atoms with van der Waals surface area (Å²) < 4.78 is 2.03. The van der Waals surface area contributed by atoms with Crippen molar-refractivity contribution in [2.45, 2.75) is 33.6 Å². The first-order valence-electron chi connectivity index (χ1n) is 6.62. The highest BCUT2D eigenvalue weighted by atomic mass is 16.4. The average molecular weight is 257 g/mol. The Hall–Kier alpha value is -2.03. The second kappa shape index (κ2) is 5.31. The zero-order valence-electron chi connectivity index (χ0n) is 11.6. The predicted molar refractivity (Wildman–Crippen MR) is 76.2 cm³/mol. The lowest BCUT2D eigenvalue weighted by Gasteiger charge is -2.16. The third-order valence-corrected chi connectivity index (χ3v) is 3.50. The van der Waals surface area contributed by atoms with Crippen molar-refractivity contribution >= 4 is 5.97 Å². The summed E-state index contributed by atoms with van der Waals surface area (Å²) in [5.41, 5.74) is 4.78. The van der Waals surface area contributed by atoms with Crippen LogP contribution in [0.3, 0.4) is 0 Å². The molecule has 1 heterocycles. The Morgan fingerprint density at radius 2 is 1.95 bits per heavy atom. The van der Waals surface area contributed by atoms with Crippen LogP contribution in [0.15, 0.2) is 30.5 Å². The van der Waals surface area contributed by atoms with Crippen LogP contribution < -0.4 is 0 Å². The Balaban J connectivity index is 2.69. The summed E-state index contributed by atoms with van der Waals surface area (Å²) in [7, 11) is 0. The minimum atomic E-state index is -0.859. The summed E-state index contributed by atoms with van der Waals surface area (Å²) in [6, 6.07) is 7.90. The first-order valence-corrected chi connectivity index (χ1v) is 6.62. The number of carboxylic acid groups (broad SMARTS) is 1. The number of carboxylic acids is 1. The highest BCUT2D eigenvalue weighted by Gasteiger charge is 2.16. The number of hydrogen-bond acceptors (Lipinski definition) is 1. The van der Waals surface area contributed by atoms with Crippen LogP contribution in [0.1, 0.15) is 41.0 Å². The van der Waals surface area contributed by atoms with E-state index >= 15 is 0 Å². The van der Waals surface area contributed by atoms with Crippen molar-refractivity contribution in [3.8, 4) is 5.69 Å². The molecule has 0 radical (unpaired) electrons. The summed E-state index contributed by atoms with van der Waals surface area (Å²) in [5, 5.41) is 9.24. The third kappa shape index (κ3) is 2.28. The minimum absolute atomic E-state index is 0.396. The summed E-state index contributed by atoms with van der Waals surface area (Å²) in [4.78, 5) is 11.3. The zero-order chi connectivity index (χ0) is 14.0. The Bertz CT molecular complexity index is 611. The maximum atomic E-state index is 11.3.